The van der Waals surface area contributed by atoms with Crippen molar-refractivity contribution in [2.24, 2.45) is 5.73 Å². The number of ether oxygens (including phenoxy) is 1. The second-order valence-electron chi connectivity index (χ2n) is 3.83. The molecular formula is C11H11N3O7. The topological polar surface area (TPSA) is 162 Å². The van der Waals surface area contributed by atoms with Crippen LogP contribution in [0.1, 0.15) is 17.3 Å². The molecule has 10 heteroatoms. The molecule has 0 fully saturated rings. The Labute approximate surface area is 117 Å². The van der Waals surface area contributed by atoms with E-state index in [0.717, 1.165) is 12.1 Å². The molecule has 0 aromatic heterocycles. The number of nitro groups is 1. The van der Waals surface area contributed by atoms with Gasteiger partial charge in [-0.05, 0) is 13.0 Å². The number of nitrogens with two attached hydrogens (primary N) is 1. The number of nitrogens with zero attached hydrogens (tertiary/aromatic N) is 1. The summed E-state index contributed by atoms with van der Waals surface area (Å²) < 4.78 is 5.02. The number of amides is 3. The molecule has 0 bridgehead atoms. The molecule has 0 aliphatic rings. The van der Waals surface area contributed by atoms with E-state index in [0.29, 0.717) is 0 Å². The fourth-order valence-corrected chi connectivity index (χ4v) is 1.41. The van der Waals surface area contributed by atoms with Crippen molar-refractivity contribution in [2.45, 2.75) is 13.0 Å². The number of carbonyl (C=O) groups is 3. The van der Waals surface area contributed by atoms with E-state index in [1.165, 1.54) is 13.0 Å². The number of carboxylic acid groups (broad SMARTS) is 1. The van der Waals surface area contributed by atoms with Crippen LogP contribution in [0, 0.1) is 10.1 Å². The van der Waals surface area contributed by atoms with Crippen molar-refractivity contribution < 1.29 is 29.2 Å². The summed E-state index contributed by atoms with van der Waals surface area (Å²) in [5.74, 6) is -3.00. The molecule has 0 radical (unpaired) electrons. The van der Waals surface area contributed by atoms with E-state index < -0.39 is 45.9 Å². The Kier molecular flexibility index (Phi) is 4.78. The monoisotopic (exact) mass is 297 g/mol. The summed E-state index contributed by atoms with van der Waals surface area (Å²) >= 11 is 0. The lowest BCUT2D eigenvalue weighted by molar-refractivity contribution is -0.386. The first-order chi connectivity index (χ1) is 9.73. The smallest absolute Gasteiger partial charge is 0.339 e. The number of nitrogens with one attached hydrogen (secondary N) is 1. The molecule has 112 valence electrons. The molecule has 1 atom stereocenters. The van der Waals surface area contributed by atoms with Crippen molar-refractivity contribution in [1.29, 1.82) is 0 Å². The molecule has 10 nitrogen and oxygen atoms in total. The van der Waals surface area contributed by atoms with Crippen molar-refractivity contribution >= 4 is 23.6 Å². The number of hydrogen-bond donors (Lipinski definition) is 3. The molecule has 0 aliphatic heterocycles. The largest absolute Gasteiger partial charge is 0.478 e. The van der Waals surface area contributed by atoms with Gasteiger partial charge in [0, 0.05) is 6.07 Å². The van der Waals surface area contributed by atoms with E-state index in [4.69, 9.17) is 15.6 Å². The van der Waals surface area contributed by atoms with Crippen molar-refractivity contribution in [3.63, 3.8) is 0 Å². The Morgan fingerprint density at radius 1 is 1.43 bits per heavy atom. The molecule has 1 unspecified atom stereocenters. The number of imide groups is 1. The van der Waals surface area contributed by atoms with Crippen molar-refractivity contribution in [3.8, 4) is 5.75 Å². The zero-order valence-electron chi connectivity index (χ0n) is 10.7. The normalized spacial score (nSPS) is 11.3. The Balaban J connectivity index is 3.16. The molecule has 0 aliphatic carbocycles. The first-order valence-corrected chi connectivity index (χ1v) is 5.51. The zero-order chi connectivity index (χ0) is 16.2. The quantitative estimate of drug-likeness (QED) is 0.518. The standard InChI is InChI=1S/C11H11N3O7/c1-5(9(15)13-11(12)18)21-8-6(10(16)17)3-2-4-7(8)14(19)20/h2-5H,1H3,(H,16,17)(H3,12,13,15,18). The van der Waals surface area contributed by atoms with Gasteiger partial charge in [0.15, 0.2) is 6.10 Å². The lowest BCUT2D eigenvalue weighted by Crippen LogP contribution is -2.42. The predicted molar refractivity (Wildman–Crippen MR) is 67.9 cm³/mol. The maximum absolute atomic E-state index is 11.5. The Morgan fingerprint density at radius 2 is 2.05 bits per heavy atom. The van der Waals surface area contributed by atoms with Crippen LogP contribution in [0.15, 0.2) is 18.2 Å². The molecule has 1 rings (SSSR count). The highest BCUT2D eigenvalue weighted by molar-refractivity contribution is 5.96. The summed E-state index contributed by atoms with van der Waals surface area (Å²) in [7, 11) is 0. The number of hydrogen-bond acceptors (Lipinski definition) is 6. The number of benzene rings is 1. The number of nitro benzene ring substituents is 1. The van der Waals surface area contributed by atoms with Gasteiger partial charge in [0.25, 0.3) is 5.91 Å². The van der Waals surface area contributed by atoms with E-state index in [1.807, 2.05) is 0 Å². The number of urea groups is 1. The minimum absolute atomic E-state index is 0.483. The Bertz CT molecular complexity index is 582. The van der Waals surface area contributed by atoms with Crippen LogP contribution in [0.4, 0.5) is 10.5 Å². The van der Waals surface area contributed by atoms with Crippen LogP contribution >= 0.6 is 0 Å². The van der Waals surface area contributed by atoms with Gasteiger partial charge in [-0.2, -0.15) is 0 Å². The van der Waals surface area contributed by atoms with Gasteiger partial charge < -0.3 is 15.6 Å². The van der Waals surface area contributed by atoms with E-state index in [2.05, 4.69) is 0 Å². The fourth-order valence-electron chi connectivity index (χ4n) is 1.41. The predicted octanol–water partition coefficient (Wildman–Crippen LogP) is 0.255. The maximum atomic E-state index is 11.5. The first kappa shape index (κ1) is 15.9. The third-order valence-electron chi connectivity index (χ3n) is 2.33. The van der Waals surface area contributed by atoms with Crippen LogP contribution < -0.4 is 15.8 Å². The lowest BCUT2D eigenvalue weighted by Gasteiger charge is -2.15. The van der Waals surface area contributed by atoms with Crippen molar-refractivity contribution in [1.82, 2.24) is 5.32 Å². The minimum atomic E-state index is -1.46. The molecule has 0 saturated carbocycles. The average Bonchev–Trinajstić information content (AvgIpc) is 2.37. The van der Waals surface area contributed by atoms with Gasteiger partial charge in [0.1, 0.15) is 5.56 Å². The minimum Gasteiger partial charge on any atom is -0.478 e. The summed E-state index contributed by atoms with van der Waals surface area (Å²) in [5.41, 5.74) is 3.65. The summed E-state index contributed by atoms with van der Waals surface area (Å²) in [5, 5.41) is 21.6. The Morgan fingerprint density at radius 3 is 2.52 bits per heavy atom. The van der Waals surface area contributed by atoms with Crippen LogP contribution in [0.5, 0.6) is 5.75 Å². The SMILES string of the molecule is CC(Oc1c(C(=O)O)cccc1[N+](=O)[O-])C(=O)NC(N)=O. The molecule has 21 heavy (non-hydrogen) atoms. The number of aromatic carboxylic acids is 1. The van der Waals surface area contributed by atoms with Crippen molar-refractivity contribution in [3.05, 3.63) is 33.9 Å². The average molecular weight is 297 g/mol. The number of carboxylic acids is 1. The summed E-state index contributed by atoms with van der Waals surface area (Å²) in [6.45, 7) is 1.18. The molecule has 3 amide bonds. The first-order valence-electron chi connectivity index (χ1n) is 5.51. The lowest BCUT2D eigenvalue weighted by atomic mass is 10.1. The zero-order valence-corrected chi connectivity index (χ0v) is 10.7. The number of rotatable bonds is 5. The number of primary amides is 1. The second kappa shape index (κ2) is 6.32. The third-order valence-corrected chi connectivity index (χ3v) is 2.33. The molecule has 0 saturated heterocycles. The molecule has 1 aromatic carbocycles. The maximum Gasteiger partial charge on any atom is 0.339 e. The summed E-state index contributed by atoms with van der Waals surface area (Å²) in [6.07, 6.45) is -1.36. The third kappa shape index (κ3) is 3.89. The van der Waals surface area contributed by atoms with Crippen LogP contribution in [0.3, 0.4) is 0 Å². The highest BCUT2D eigenvalue weighted by Crippen LogP contribution is 2.31. The van der Waals surface area contributed by atoms with Crippen LogP contribution in [-0.2, 0) is 4.79 Å². The molecular weight excluding hydrogens is 286 g/mol. The molecule has 1 aromatic rings. The van der Waals surface area contributed by atoms with E-state index in [-0.39, 0.29) is 0 Å². The fraction of sp³-hybridized carbons (Fsp3) is 0.182. The van der Waals surface area contributed by atoms with Crippen LogP contribution in [0.25, 0.3) is 0 Å². The van der Waals surface area contributed by atoms with Gasteiger partial charge in [-0.15, -0.1) is 0 Å². The number of carbonyl (C=O) groups excluding carboxylic acids is 2. The van der Waals surface area contributed by atoms with Gasteiger partial charge in [0.2, 0.25) is 5.75 Å². The van der Waals surface area contributed by atoms with Crippen LogP contribution in [-0.4, -0.2) is 34.0 Å². The highest BCUT2D eigenvalue weighted by atomic mass is 16.6. The summed E-state index contributed by atoms with van der Waals surface area (Å²) in [6, 6.07) is 2.16. The molecule has 0 heterocycles. The number of para-hydroxylation sites is 1. The van der Waals surface area contributed by atoms with Gasteiger partial charge in [-0.3, -0.25) is 20.2 Å². The van der Waals surface area contributed by atoms with E-state index in [1.54, 1.807) is 5.32 Å². The second-order valence-corrected chi connectivity index (χ2v) is 3.83. The van der Waals surface area contributed by atoms with Gasteiger partial charge >= 0.3 is 17.7 Å². The van der Waals surface area contributed by atoms with E-state index >= 15 is 0 Å². The van der Waals surface area contributed by atoms with Crippen LogP contribution in [0.2, 0.25) is 0 Å². The molecule has 4 N–H and O–H groups in total. The van der Waals surface area contributed by atoms with Gasteiger partial charge in [0.05, 0.1) is 4.92 Å². The summed E-state index contributed by atoms with van der Waals surface area (Å²) in [4.78, 5) is 43.1. The van der Waals surface area contributed by atoms with Crippen molar-refractivity contribution in [2.75, 3.05) is 0 Å². The van der Waals surface area contributed by atoms with Gasteiger partial charge in [-0.25, -0.2) is 9.59 Å². The van der Waals surface area contributed by atoms with E-state index in [9.17, 15) is 24.5 Å². The molecule has 0 spiro atoms. The van der Waals surface area contributed by atoms with Gasteiger partial charge in [-0.1, -0.05) is 6.07 Å². The highest BCUT2D eigenvalue weighted by Gasteiger charge is 2.27. The Hall–Kier alpha value is -3.17.